The molecule has 0 saturated heterocycles. The molecule has 0 fully saturated rings. The molecule has 0 aliphatic carbocycles. The molecule has 0 amide bonds. The van der Waals surface area contributed by atoms with Gasteiger partial charge >= 0.3 is 6.17 Å². The van der Waals surface area contributed by atoms with E-state index in [4.69, 9.17) is 6.57 Å². The van der Waals surface area contributed by atoms with Crippen LogP contribution in [0.4, 0.5) is 22.7 Å². The summed E-state index contributed by atoms with van der Waals surface area (Å²) in [6.45, 7) is 8.15. The van der Waals surface area contributed by atoms with Crippen LogP contribution in [0.1, 0.15) is 24.0 Å². The molecule has 2 unspecified atom stereocenters. The minimum atomic E-state index is -0.264. The van der Waals surface area contributed by atoms with Crippen LogP contribution in [0.15, 0.2) is 146 Å². The molecule has 4 nitrogen and oxygen atoms in total. The molecule has 50 heavy (non-hydrogen) atoms. The van der Waals surface area contributed by atoms with Gasteiger partial charge in [0.05, 0.1) is 11.8 Å². The van der Waals surface area contributed by atoms with E-state index in [1.165, 1.54) is 22.3 Å². The summed E-state index contributed by atoms with van der Waals surface area (Å²) in [5, 5.41) is 15.0. The van der Waals surface area contributed by atoms with E-state index < -0.39 is 0 Å². The molecule has 2 heterocycles. The van der Waals surface area contributed by atoms with Crippen LogP contribution in [0.25, 0.3) is 48.6 Å². The number of anilines is 4. The number of nitriles is 1. The summed E-state index contributed by atoms with van der Waals surface area (Å²) in [7, 11) is 0. The first-order valence-electron chi connectivity index (χ1n) is 17.4. The lowest BCUT2D eigenvalue weighted by Crippen LogP contribution is -2.34. The Morgan fingerprint density at radius 3 is 1.56 bits per heavy atom. The second-order valence-corrected chi connectivity index (χ2v) is 13.3. The van der Waals surface area contributed by atoms with E-state index in [1.807, 2.05) is 0 Å². The Balaban J connectivity index is 1.36. The molecule has 4 heteroatoms. The van der Waals surface area contributed by atoms with Crippen molar-refractivity contribution in [3.8, 4) is 28.3 Å². The zero-order chi connectivity index (χ0) is 33.6. The fourth-order valence-corrected chi connectivity index (χ4v) is 8.29. The van der Waals surface area contributed by atoms with E-state index in [0.717, 1.165) is 81.1 Å². The largest absolute Gasteiger partial charge is 0.325 e. The molecule has 7 aromatic carbocycles. The first-order valence-corrected chi connectivity index (χ1v) is 17.4. The highest BCUT2D eigenvalue weighted by molar-refractivity contribution is 6.22. The third-order valence-electron chi connectivity index (χ3n) is 10.5. The van der Waals surface area contributed by atoms with Crippen molar-refractivity contribution < 1.29 is 0 Å². The topological polar surface area (TPSA) is 34.6 Å². The molecule has 7 aromatic rings. The lowest BCUT2D eigenvalue weighted by molar-refractivity contribution is 0.662. The van der Waals surface area contributed by atoms with Crippen molar-refractivity contribution in [3.05, 3.63) is 168 Å². The van der Waals surface area contributed by atoms with Gasteiger partial charge in [-0.25, -0.2) is 6.57 Å². The first kappa shape index (κ1) is 29.8. The fraction of sp³-hybridized carbons (Fsp3) is 0.130. The molecule has 0 spiro atoms. The average molecular weight is 643 g/mol. The third kappa shape index (κ3) is 4.80. The van der Waals surface area contributed by atoms with Crippen molar-refractivity contribution in [1.29, 1.82) is 5.26 Å². The molecule has 0 bridgehead atoms. The number of nitrogens with zero attached hydrogens (tertiary/aromatic N) is 4. The molecule has 0 saturated carbocycles. The van der Waals surface area contributed by atoms with Crippen LogP contribution < -0.4 is 9.80 Å². The van der Waals surface area contributed by atoms with Gasteiger partial charge in [0.2, 0.25) is 0 Å². The first-order chi connectivity index (χ1) is 24.7. The summed E-state index contributed by atoms with van der Waals surface area (Å²) in [6.07, 6.45) is 3.12. The molecule has 9 rings (SSSR count). The predicted octanol–water partition coefficient (Wildman–Crippen LogP) is 11.6. The normalized spacial score (nSPS) is 16.8. The standard InChI is InChI=1S/C46H34N4/c1-48-44-27-21-32-13-9-11-19-43(32)50(44)36-24-26-39-41(29-36)46(34-16-6-3-7-17-34)38-25-23-35(28-40(38)45(39)33-14-4-2-5-15-33)49-37(30-47)22-20-31-12-8-10-18-42(31)49/h2-19,23-26,28-29,37,44H,20-22,27H2. The zero-order valence-corrected chi connectivity index (χ0v) is 27.6. The Hall–Kier alpha value is -6.36. The van der Waals surface area contributed by atoms with Gasteiger partial charge in [-0.3, -0.25) is 9.74 Å². The molecule has 2 atom stereocenters. The number of para-hydroxylation sites is 2. The van der Waals surface area contributed by atoms with Crippen LogP contribution in [0, 0.1) is 17.9 Å². The van der Waals surface area contributed by atoms with E-state index in [0.29, 0.717) is 0 Å². The van der Waals surface area contributed by atoms with Crippen molar-refractivity contribution >= 4 is 44.3 Å². The number of hydrogen-bond acceptors (Lipinski definition) is 3. The minimum absolute atomic E-state index is 0.248. The molecule has 0 aromatic heterocycles. The van der Waals surface area contributed by atoms with Gasteiger partial charge in [-0.15, -0.1) is 0 Å². The second kappa shape index (κ2) is 12.3. The van der Waals surface area contributed by atoms with Gasteiger partial charge in [-0.1, -0.05) is 109 Å². The molecular formula is C46H34N4. The molecule has 2 aliphatic rings. The molecule has 0 radical (unpaired) electrons. The van der Waals surface area contributed by atoms with E-state index in [2.05, 4.69) is 166 Å². The molecule has 0 N–H and O–H groups in total. The Labute approximate surface area is 292 Å². The predicted molar refractivity (Wildman–Crippen MR) is 206 cm³/mol. The maximum Gasteiger partial charge on any atom is 0.302 e. The maximum absolute atomic E-state index is 10.3. The number of rotatable bonds is 4. The van der Waals surface area contributed by atoms with Gasteiger partial charge in [0, 0.05) is 23.5 Å². The van der Waals surface area contributed by atoms with Crippen molar-refractivity contribution in [2.24, 2.45) is 0 Å². The van der Waals surface area contributed by atoms with E-state index in [1.54, 1.807) is 0 Å². The SMILES string of the molecule is [C-]#[N+]C1CCc2ccccc2N1c1ccc2c(-c3ccccc3)c3cc(N4c5ccccc5CCC4C#N)ccc3c(-c3ccccc3)c2c1. The van der Waals surface area contributed by atoms with Gasteiger partial charge < -0.3 is 4.90 Å². The summed E-state index contributed by atoms with van der Waals surface area (Å²) < 4.78 is 0. The monoisotopic (exact) mass is 642 g/mol. The van der Waals surface area contributed by atoms with Gasteiger partial charge in [-0.05, 0) is 111 Å². The van der Waals surface area contributed by atoms with E-state index >= 15 is 0 Å². The van der Waals surface area contributed by atoms with Crippen LogP contribution in [-0.4, -0.2) is 12.2 Å². The van der Waals surface area contributed by atoms with Crippen LogP contribution >= 0.6 is 0 Å². The van der Waals surface area contributed by atoms with Gasteiger partial charge in [0.15, 0.2) is 0 Å². The number of hydrogen-bond donors (Lipinski definition) is 0. The highest BCUT2D eigenvalue weighted by atomic mass is 15.2. The fourth-order valence-electron chi connectivity index (χ4n) is 8.29. The highest BCUT2D eigenvalue weighted by Gasteiger charge is 2.32. The summed E-state index contributed by atoms with van der Waals surface area (Å²) >= 11 is 0. The van der Waals surface area contributed by atoms with Crippen LogP contribution in [0.2, 0.25) is 0 Å². The Morgan fingerprint density at radius 2 is 1.02 bits per heavy atom. The minimum Gasteiger partial charge on any atom is -0.325 e. The lowest BCUT2D eigenvalue weighted by Gasteiger charge is -2.35. The zero-order valence-electron chi connectivity index (χ0n) is 27.6. The maximum atomic E-state index is 10.3. The highest BCUT2D eigenvalue weighted by Crippen LogP contribution is 2.48. The Kier molecular flexibility index (Phi) is 7.30. The van der Waals surface area contributed by atoms with Crippen molar-refractivity contribution in [2.45, 2.75) is 37.9 Å². The van der Waals surface area contributed by atoms with E-state index in [9.17, 15) is 5.26 Å². The molecule has 238 valence electrons. The average Bonchev–Trinajstić information content (AvgIpc) is 3.19. The van der Waals surface area contributed by atoms with Crippen molar-refractivity contribution in [2.75, 3.05) is 9.80 Å². The van der Waals surface area contributed by atoms with Crippen LogP contribution in [0.5, 0.6) is 0 Å². The quantitative estimate of drug-likeness (QED) is 0.142. The molecule has 2 aliphatic heterocycles. The van der Waals surface area contributed by atoms with Crippen LogP contribution in [-0.2, 0) is 12.8 Å². The van der Waals surface area contributed by atoms with Crippen molar-refractivity contribution in [1.82, 2.24) is 0 Å². The summed E-state index contributed by atoms with van der Waals surface area (Å²) in [5.74, 6) is 0. The van der Waals surface area contributed by atoms with E-state index in [-0.39, 0.29) is 12.2 Å². The Bertz CT molecular complexity index is 2310. The smallest absolute Gasteiger partial charge is 0.302 e. The van der Waals surface area contributed by atoms with Gasteiger partial charge in [0.1, 0.15) is 6.04 Å². The molecular weight excluding hydrogens is 609 g/mol. The summed E-state index contributed by atoms with van der Waals surface area (Å²) in [5.41, 5.74) is 11.5. The van der Waals surface area contributed by atoms with Crippen LogP contribution in [0.3, 0.4) is 0 Å². The summed E-state index contributed by atoms with van der Waals surface area (Å²) in [4.78, 5) is 8.59. The number of fused-ring (bicyclic) bond motifs is 4. The van der Waals surface area contributed by atoms with Gasteiger partial charge in [-0.2, -0.15) is 5.26 Å². The third-order valence-corrected chi connectivity index (χ3v) is 10.5. The Morgan fingerprint density at radius 1 is 0.540 bits per heavy atom. The van der Waals surface area contributed by atoms with Crippen molar-refractivity contribution in [3.63, 3.8) is 0 Å². The van der Waals surface area contributed by atoms with Gasteiger partial charge in [0.25, 0.3) is 0 Å². The number of benzene rings is 7. The number of aryl methyl sites for hydroxylation is 2. The summed E-state index contributed by atoms with van der Waals surface area (Å²) in [6, 6.07) is 54.2. The second-order valence-electron chi connectivity index (χ2n) is 13.3. The lowest BCUT2D eigenvalue weighted by atomic mass is 9.85.